The number of hydrogen-bond acceptors (Lipinski definition) is 7. The first-order chi connectivity index (χ1) is 12.6. The molecule has 1 aliphatic heterocycles. The van der Waals surface area contributed by atoms with Crippen LogP contribution in [0, 0.1) is 0 Å². The first-order valence-electron chi connectivity index (χ1n) is 9.20. The number of piperazine rings is 1. The maximum atomic E-state index is 8.81. The van der Waals surface area contributed by atoms with Crippen LogP contribution >= 0.6 is 0 Å². The van der Waals surface area contributed by atoms with Gasteiger partial charge in [0, 0.05) is 37.9 Å². The van der Waals surface area contributed by atoms with E-state index in [9.17, 15) is 0 Å². The van der Waals surface area contributed by atoms with Gasteiger partial charge in [0.15, 0.2) is 0 Å². The molecule has 0 aromatic heterocycles. The molecular weight excluding hydrogens is 333 g/mol. The summed E-state index contributed by atoms with van der Waals surface area (Å²) >= 11 is 0. The molecule has 0 amide bonds. The zero-order valence-corrected chi connectivity index (χ0v) is 15.3. The third kappa shape index (κ3) is 9.70. The molecule has 1 aliphatic rings. The highest BCUT2D eigenvalue weighted by Gasteiger charge is 2.17. The van der Waals surface area contributed by atoms with Gasteiger partial charge in [-0.25, -0.2) is 0 Å². The molecule has 144 valence electrons. The molecule has 8 heteroatoms. The van der Waals surface area contributed by atoms with E-state index < -0.39 is 7.12 Å². The Hall–Kier alpha value is -1.70. The molecule has 1 aromatic rings. The number of unbranched alkanes of at least 4 members (excludes halogenated alkanes) is 1. The van der Waals surface area contributed by atoms with Crippen LogP contribution in [0.25, 0.3) is 0 Å². The minimum atomic E-state index is -1.17. The van der Waals surface area contributed by atoms with Crippen LogP contribution in [0.4, 0.5) is 5.69 Å². The lowest BCUT2D eigenvalue weighted by molar-refractivity contribution is -0.191. The standard InChI is InChI=1S/C17H30BN3O2.CO2/c19-16(6-4-5-10-18(22)23)9-11-20-12-14-21(15-13-20)17-7-2-1-3-8-17;2-1-3/h1-3,7-8,16,22-23H,4-6,9-15,19H2;. The lowest BCUT2D eigenvalue weighted by atomic mass is 9.83. The molecule has 0 saturated carbocycles. The van der Waals surface area contributed by atoms with E-state index >= 15 is 0 Å². The van der Waals surface area contributed by atoms with Gasteiger partial charge in [-0.05, 0) is 37.8 Å². The minimum absolute atomic E-state index is 0.220. The van der Waals surface area contributed by atoms with Gasteiger partial charge in [-0.15, -0.1) is 0 Å². The highest BCUT2D eigenvalue weighted by Crippen LogP contribution is 2.16. The fourth-order valence-electron chi connectivity index (χ4n) is 3.09. The third-order valence-electron chi connectivity index (χ3n) is 4.60. The Morgan fingerprint density at radius 1 is 1.04 bits per heavy atom. The van der Waals surface area contributed by atoms with Crippen molar-refractivity contribution in [3.63, 3.8) is 0 Å². The molecule has 1 heterocycles. The molecular formula is C18H30BN3O4. The van der Waals surface area contributed by atoms with Gasteiger partial charge >= 0.3 is 13.3 Å². The molecule has 2 rings (SSSR count). The molecule has 7 nitrogen and oxygen atoms in total. The molecule has 26 heavy (non-hydrogen) atoms. The van der Waals surface area contributed by atoms with E-state index in [-0.39, 0.29) is 12.2 Å². The molecule has 4 N–H and O–H groups in total. The average molecular weight is 363 g/mol. The van der Waals surface area contributed by atoms with E-state index in [0.29, 0.717) is 6.32 Å². The van der Waals surface area contributed by atoms with Gasteiger partial charge in [0.05, 0.1) is 0 Å². The van der Waals surface area contributed by atoms with Crippen molar-refractivity contribution in [1.82, 2.24) is 4.90 Å². The predicted molar refractivity (Wildman–Crippen MR) is 102 cm³/mol. The zero-order chi connectivity index (χ0) is 19.2. The normalized spacial score (nSPS) is 15.6. The molecule has 1 fully saturated rings. The smallest absolute Gasteiger partial charge is 0.427 e. The second-order valence-corrected chi connectivity index (χ2v) is 6.56. The van der Waals surface area contributed by atoms with Gasteiger partial charge in [0.2, 0.25) is 0 Å². The Morgan fingerprint density at radius 3 is 2.23 bits per heavy atom. The first-order valence-corrected chi connectivity index (χ1v) is 9.20. The molecule has 0 spiro atoms. The largest absolute Gasteiger partial charge is 0.451 e. The lowest BCUT2D eigenvalue weighted by Gasteiger charge is -2.36. The summed E-state index contributed by atoms with van der Waals surface area (Å²) in [4.78, 5) is 21.2. The first kappa shape index (κ1) is 22.3. The fraction of sp³-hybridized carbons (Fsp3) is 0.611. The van der Waals surface area contributed by atoms with Crippen LogP contribution in [-0.2, 0) is 9.59 Å². The van der Waals surface area contributed by atoms with E-state index in [2.05, 4.69) is 40.1 Å². The molecule has 0 bridgehead atoms. The Bertz CT molecular complexity index is 504. The van der Waals surface area contributed by atoms with Crippen molar-refractivity contribution in [3.05, 3.63) is 30.3 Å². The van der Waals surface area contributed by atoms with E-state index in [1.54, 1.807) is 0 Å². The number of carbonyl (C=O) groups excluding carboxylic acids is 2. The molecule has 1 aromatic carbocycles. The number of nitrogens with zero attached hydrogens (tertiary/aromatic N) is 2. The van der Waals surface area contributed by atoms with Gasteiger partial charge in [-0.3, -0.25) is 4.90 Å². The van der Waals surface area contributed by atoms with Crippen LogP contribution in [0.3, 0.4) is 0 Å². The average Bonchev–Trinajstić information content (AvgIpc) is 2.65. The van der Waals surface area contributed by atoms with Crippen LogP contribution in [0.15, 0.2) is 30.3 Å². The molecule has 1 atom stereocenters. The maximum Gasteiger partial charge on any atom is 0.451 e. The second-order valence-electron chi connectivity index (χ2n) is 6.56. The van der Waals surface area contributed by atoms with E-state index in [1.165, 1.54) is 5.69 Å². The fourth-order valence-corrected chi connectivity index (χ4v) is 3.09. The summed E-state index contributed by atoms with van der Waals surface area (Å²) in [5, 5.41) is 17.6. The van der Waals surface area contributed by atoms with Gasteiger partial charge in [-0.1, -0.05) is 31.0 Å². The quantitative estimate of drug-likeness (QED) is 0.435. The van der Waals surface area contributed by atoms with Crippen molar-refractivity contribution < 1.29 is 19.6 Å². The van der Waals surface area contributed by atoms with Crippen molar-refractivity contribution in [2.45, 2.75) is 38.0 Å². The van der Waals surface area contributed by atoms with Crippen LogP contribution in [0.5, 0.6) is 0 Å². The highest BCUT2D eigenvalue weighted by molar-refractivity contribution is 6.40. The van der Waals surface area contributed by atoms with Crippen LogP contribution in [0.2, 0.25) is 6.32 Å². The summed E-state index contributed by atoms with van der Waals surface area (Å²) < 4.78 is 0. The van der Waals surface area contributed by atoms with Crippen LogP contribution in [-0.4, -0.2) is 67.0 Å². The lowest BCUT2D eigenvalue weighted by Crippen LogP contribution is -2.47. The predicted octanol–water partition coefficient (Wildman–Crippen LogP) is 0.586. The maximum absolute atomic E-state index is 8.81. The number of anilines is 1. The van der Waals surface area contributed by atoms with Crippen molar-refractivity contribution >= 4 is 19.0 Å². The van der Waals surface area contributed by atoms with E-state index in [0.717, 1.165) is 58.4 Å². The SMILES string of the molecule is NC(CCCCB(O)O)CCN1CCN(c2ccccc2)CC1.O=C=O. The summed E-state index contributed by atoms with van der Waals surface area (Å²) in [6.45, 7) is 5.41. The monoisotopic (exact) mass is 363 g/mol. The molecule has 1 saturated heterocycles. The third-order valence-corrected chi connectivity index (χ3v) is 4.60. The summed E-state index contributed by atoms with van der Waals surface area (Å²) in [5.41, 5.74) is 7.48. The number of hydrogen-bond donors (Lipinski definition) is 3. The second kappa shape index (κ2) is 13.5. The topological polar surface area (TPSA) is 107 Å². The summed E-state index contributed by atoms with van der Waals surface area (Å²) in [6, 6.07) is 10.8. The summed E-state index contributed by atoms with van der Waals surface area (Å²) in [5.74, 6) is 0. The minimum Gasteiger partial charge on any atom is -0.427 e. The van der Waals surface area contributed by atoms with Crippen molar-refractivity contribution in [2.75, 3.05) is 37.6 Å². The van der Waals surface area contributed by atoms with Crippen molar-refractivity contribution in [2.24, 2.45) is 5.73 Å². The van der Waals surface area contributed by atoms with E-state index in [1.807, 2.05) is 0 Å². The zero-order valence-electron chi connectivity index (χ0n) is 15.3. The Labute approximate surface area is 155 Å². The van der Waals surface area contributed by atoms with Crippen molar-refractivity contribution in [1.29, 1.82) is 0 Å². The number of rotatable bonds is 9. The van der Waals surface area contributed by atoms with Crippen LogP contribution < -0.4 is 10.6 Å². The number of para-hydroxylation sites is 1. The van der Waals surface area contributed by atoms with Gasteiger partial charge in [0.1, 0.15) is 0 Å². The Kier molecular flexibility index (Phi) is 11.6. The molecule has 0 radical (unpaired) electrons. The van der Waals surface area contributed by atoms with E-state index in [4.69, 9.17) is 25.4 Å². The van der Waals surface area contributed by atoms with Gasteiger partial charge in [0.25, 0.3) is 0 Å². The Morgan fingerprint density at radius 2 is 1.65 bits per heavy atom. The van der Waals surface area contributed by atoms with Crippen molar-refractivity contribution in [3.8, 4) is 0 Å². The molecule has 1 unspecified atom stereocenters. The van der Waals surface area contributed by atoms with Gasteiger partial charge < -0.3 is 20.7 Å². The number of benzene rings is 1. The molecule has 0 aliphatic carbocycles. The van der Waals surface area contributed by atoms with Gasteiger partial charge in [-0.2, -0.15) is 9.59 Å². The Balaban J connectivity index is 0.00000105. The number of nitrogens with two attached hydrogens (primary N) is 1. The summed E-state index contributed by atoms with van der Waals surface area (Å²) in [6.07, 6.45) is 4.50. The summed E-state index contributed by atoms with van der Waals surface area (Å²) in [7, 11) is -1.17. The van der Waals surface area contributed by atoms with Crippen LogP contribution in [0.1, 0.15) is 25.7 Å². The highest BCUT2D eigenvalue weighted by atomic mass is 16.4.